The topological polar surface area (TPSA) is 44.5 Å². The largest absolute Gasteiger partial charge is 0.487 e. The van der Waals surface area contributed by atoms with Gasteiger partial charge >= 0.3 is 12.5 Å². The molecule has 0 amide bonds. The Hall–Kier alpha value is -2.42. The number of alkyl halides is 4. The summed E-state index contributed by atoms with van der Waals surface area (Å²) in [7, 11) is 0. The summed E-state index contributed by atoms with van der Waals surface area (Å²) >= 11 is 0. The maximum Gasteiger partial charge on any atom is 0.461 e. The average Bonchev–Trinajstić information content (AvgIpc) is 3.39. The monoisotopic (exact) mass is 391 g/mol. The van der Waals surface area contributed by atoms with E-state index < -0.39 is 36.0 Å². The highest BCUT2D eigenvalue weighted by molar-refractivity contribution is 5.40. The van der Waals surface area contributed by atoms with Gasteiger partial charge in [0, 0.05) is 6.07 Å². The summed E-state index contributed by atoms with van der Waals surface area (Å²) in [5.74, 6) is -2.43. The summed E-state index contributed by atoms with van der Waals surface area (Å²) in [6.07, 6.45) is -7.33. The van der Waals surface area contributed by atoms with Crippen LogP contribution < -0.4 is 15.2 Å². The Kier molecular flexibility index (Phi) is 5.23. The van der Waals surface area contributed by atoms with E-state index in [0.717, 1.165) is 31.0 Å². The Morgan fingerprint density at radius 2 is 1.70 bits per heavy atom. The molecule has 0 bridgehead atoms. The van der Waals surface area contributed by atoms with Gasteiger partial charge in [-0.15, -0.1) is 0 Å². The fourth-order valence-electron chi connectivity index (χ4n) is 2.39. The zero-order valence-corrected chi connectivity index (χ0v) is 13.8. The summed E-state index contributed by atoms with van der Waals surface area (Å²) in [5, 5.41) is 0. The third kappa shape index (κ3) is 4.65. The standard InChI is InChI=1S/C18H15F6NO2/c19-11-5-10(6-13(8-11)27-18(23,24)17(21)22)16(25)9-1-4-14(20)15(7-9)26-12-2-3-12/h1,4-8,12,16-17H,2-3,25H2/t16-/m1/s1. The fourth-order valence-corrected chi connectivity index (χ4v) is 2.39. The first-order chi connectivity index (χ1) is 12.7. The second kappa shape index (κ2) is 7.30. The average molecular weight is 391 g/mol. The maximum atomic E-state index is 13.8. The molecule has 3 rings (SSSR count). The van der Waals surface area contributed by atoms with Crippen LogP contribution >= 0.6 is 0 Å². The molecule has 1 aliphatic carbocycles. The second-order valence-corrected chi connectivity index (χ2v) is 6.17. The quantitative estimate of drug-likeness (QED) is 0.691. The van der Waals surface area contributed by atoms with Crippen LogP contribution in [0.4, 0.5) is 26.3 Å². The van der Waals surface area contributed by atoms with Crippen LogP contribution in [0.3, 0.4) is 0 Å². The SMILES string of the molecule is N[C@@H](c1cc(F)cc(OC(F)(F)C(F)F)c1)c1ccc(F)c(OC2CC2)c1. The maximum absolute atomic E-state index is 13.8. The van der Waals surface area contributed by atoms with Gasteiger partial charge in [0.05, 0.1) is 12.1 Å². The van der Waals surface area contributed by atoms with Crippen molar-refractivity contribution in [2.24, 2.45) is 5.73 Å². The van der Waals surface area contributed by atoms with Gasteiger partial charge in [-0.25, -0.2) is 8.78 Å². The molecular weight excluding hydrogens is 376 g/mol. The van der Waals surface area contributed by atoms with E-state index in [2.05, 4.69) is 4.74 Å². The fraction of sp³-hybridized carbons (Fsp3) is 0.333. The first kappa shape index (κ1) is 19.3. The molecule has 0 unspecified atom stereocenters. The highest BCUT2D eigenvalue weighted by Gasteiger charge is 2.44. The Morgan fingerprint density at radius 3 is 2.33 bits per heavy atom. The molecule has 0 heterocycles. The van der Waals surface area contributed by atoms with Crippen molar-refractivity contribution in [2.45, 2.75) is 37.5 Å². The molecule has 1 saturated carbocycles. The molecule has 9 heteroatoms. The number of benzene rings is 2. The molecule has 0 aliphatic heterocycles. The van der Waals surface area contributed by atoms with Crippen molar-refractivity contribution < 1.29 is 35.8 Å². The molecule has 0 radical (unpaired) electrons. The van der Waals surface area contributed by atoms with Crippen molar-refractivity contribution >= 4 is 0 Å². The predicted octanol–water partition coefficient (Wildman–Crippen LogP) is 4.79. The van der Waals surface area contributed by atoms with E-state index in [1.165, 1.54) is 12.1 Å². The van der Waals surface area contributed by atoms with Gasteiger partial charge in [0.15, 0.2) is 11.6 Å². The third-order valence-corrected chi connectivity index (χ3v) is 3.89. The van der Waals surface area contributed by atoms with Crippen molar-refractivity contribution in [3.8, 4) is 11.5 Å². The molecule has 2 aromatic rings. The first-order valence-electron chi connectivity index (χ1n) is 8.03. The number of ether oxygens (including phenoxy) is 2. The molecular formula is C18H15F6NO2. The Morgan fingerprint density at radius 1 is 1.00 bits per heavy atom. The van der Waals surface area contributed by atoms with Crippen molar-refractivity contribution in [3.63, 3.8) is 0 Å². The van der Waals surface area contributed by atoms with Gasteiger partial charge in [-0.2, -0.15) is 17.6 Å². The summed E-state index contributed by atoms with van der Waals surface area (Å²) in [4.78, 5) is 0. The molecule has 1 aliphatic rings. The first-order valence-corrected chi connectivity index (χ1v) is 8.03. The molecule has 146 valence electrons. The van der Waals surface area contributed by atoms with Gasteiger partial charge in [0.1, 0.15) is 11.6 Å². The molecule has 2 aromatic carbocycles. The Labute approximate surface area is 150 Å². The van der Waals surface area contributed by atoms with Gasteiger partial charge in [-0.3, -0.25) is 0 Å². The predicted molar refractivity (Wildman–Crippen MR) is 84.1 cm³/mol. The van der Waals surface area contributed by atoms with Crippen molar-refractivity contribution in [1.82, 2.24) is 0 Å². The molecule has 0 saturated heterocycles. The van der Waals surface area contributed by atoms with Crippen LogP contribution in [-0.2, 0) is 0 Å². The summed E-state index contributed by atoms with van der Waals surface area (Å²) in [5.41, 5.74) is 6.32. The van der Waals surface area contributed by atoms with Crippen molar-refractivity contribution in [1.29, 1.82) is 0 Å². The highest BCUT2D eigenvalue weighted by Crippen LogP contribution is 2.33. The van der Waals surface area contributed by atoms with Crippen molar-refractivity contribution in [2.75, 3.05) is 0 Å². The summed E-state index contributed by atoms with van der Waals surface area (Å²) in [6, 6.07) is 5.15. The van der Waals surface area contributed by atoms with E-state index >= 15 is 0 Å². The Balaban J connectivity index is 1.87. The van der Waals surface area contributed by atoms with E-state index in [4.69, 9.17) is 10.5 Å². The van der Waals surface area contributed by atoms with E-state index in [-0.39, 0.29) is 17.4 Å². The van der Waals surface area contributed by atoms with E-state index in [9.17, 15) is 26.3 Å². The van der Waals surface area contributed by atoms with Crippen LogP contribution in [0.25, 0.3) is 0 Å². The number of hydrogen-bond donors (Lipinski definition) is 1. The molecule has 1 fully saturated rings. The lowest BCUT2D eigenvalue weighted by Gasteiger charge is -2.19. The van der Waals surface area contributed by atoms with Crippen LogP contribution in [0, 0.1) is 11.6 Å². The third-order valence-electron chi connectivity index (χ3n) is 3.89. The molecule has 0 aromatic heterocycles. The normalized spacial score (nSPS) is 15.7. The highest BCUT2D eigenvalue weighted by atomic mass is 19.3. The molecule has 27 heavy (non-hydrogen) atoms. The van der Waals surface area contributed by atoms with Gasteiger partial charge < -0.3 is 15.2 Å². The zero-order valence-electron chi connectivity index (χ0n) is 13.8. The van der Waals surface area contributed by atoms with Crippen LogP contribution in [0.2, 0.25) is 0 Å². The van der Waals surface area contributed by atoms with Gasteiger partial charge in [0.2, 0.25) is 0 Å². The molecule has 3 nitrogen and oxygen atoms in total. The molecule has 2 N–H and O–H groups in total. The lowest BCUT2D eigenvalue weighted by Crippen LogP contribution is -2.33. The van der Waals surface area contributed by atoms with Crippen LogP contribution in [0.15, 0.2) is 36.4 Å². The van der Waals surface area contributed by atoms with Gasteiger partial charge in [-0.05, 0) is 48.2 Å². The Bertz CT molecular complexity index is 825. The van der Waals surface area contributed by atoms with Gasteiger partial charge in [0.25, 0.3) is 0 Å². The van der Waals surface area contributed by atoms with Gasteiger partial charge in [-0.1, -0.05) is 6.07 Å². The zero-order chi connectivity index (χ0) is 19.8. The second-order valence-electron chi connectivity index (χ2n) is 6.17. The lowest BCUT2D eigenvalue weighted by molar-refractivity contribution is -0.253. The van der Waals surface area contributed by atoms with E-state index in [0.29, 0.717) is 11.6 Å². The van der Waals surface area contributed by atoms with E-state index in [1.807, 2.05) is 0 Å². The summed E-state index contributed by atoms with van der Waals surface area (Å²) in [6.45, 7) is 0. The summed E-state index contributed by atoms with van der Waals surface area (Å²) < 4.78 is 87.5. The molecule has 0 spiro atoms. The van der Waals surface area contributed by atoms with Crippen LogP contribution in [0.5, 0.6) is 11.5 Å². The molecule has 1 atom stereocenters. The number of hydrogen-bond acceptors (Lipinski definition) is 3. The number of rotatable bonds is 7. The number of nitrogens with two attached hydrogens (primary N) is 1. The van der Waals surface area contributed by atoms with Crippen LogP contribution in [0.1, 0.15) is 30.0 Å². The lowest BCUT2D eigenvalue weighted by atomic mass is 9.99. The minimum atomic E-state index is -4.78. The van der Waals surface area contributed by atoms with E-state index in [1.54, 1.807) is 0 Å². The minimum absolute atomic E-state index is 0.0148. The van der Waals surface area contributed by atoms with Crippen LogP contribution in [-0.4, -0.2) is 18.6 Å². The smallest absolute Gasteiger partial charge is 0.461 e. The minimum Gasteiger partial charge on any atom is -0.487 e. The number of halogens is 6. The van der Waals surface area contributed by atoms with Crippen molar-refractivity contribution in [3.05, 3.63) is 59.2 Å².